The minimum atomic E-state index is -1.23. The van der Waals surface area contributed by atoms with Crippen LogP contribution in [0.5, 0.6) is 0 Å². The predicted molar refractivity (Wildman–Crippen MR) is 62.2 cm³/mol. The van der Waals surface area contributed by atoms with E-state index in [1.54, 1.807) is 0 Å². The Labute approximate surface area is 112 Å². The Morgan fingerprint density at radius 2 is 1.20 bits per heavy atom. The molecule has 0 bridgehead atoms. The van der Waals surface area contributed by atoms with Gasteiger partial charge >= 0.3 is 112 Å². The Hall–Kier alpha value is -0.0449. The molecule has 0 aliphatic carbocycles. The zero-order valence-corrected chi connectivity index (χ0v) is 15.1. The summed E-state index contributed by atoms with van der Waals surface area (Å²) >= 11 is 10.7. The van der Waals surface area contributed by atoms with Gasteiger partial charge < -0.3 is 0 Å². The fourth-order valence-corrected chi connectivity index (χ4v) is 9.27. The van der Waals surface area contributed by atoms with Crippen molar-refractivity contribution in [3.8, 4) is 0 Å². The molecule has 0 fully saturated rings. The maximum absolute atomic E-state index is 5.95. The first kappa shape index (κ1) is 11.4. The molecule has 15 heavy (non-hydrogen) atoms. The summed E-state index contributed by atoms with van der Waals surface area (Å²) in [5.74, 6) is 0. The van der Waals surface area contributed by atoms with E-state index in [4.69, 9.17) is 23.2 Å². The van der Waals surface area contributed by atoms with Gasteiger partial charge in [0.2, 0.25) is 0 Å². The fraction of sp³-hybridized carbons (Fsp3) is 0. The van der Waals surface area contributed by atoms with Crippen LogP contribution in [0.25, 0.3) is 0 Å². The van der Waals surface area contributed by atoms with Crippen molar-refractivity contribution >= 4 is 29.3 Å². The quantitative estimate of drug-likeness (QED) is 0.652. The van der Waals surface area contributed by atoms with Crippen LogP contribution in [0.2, 0.25) is 10.0 Å². The van der Waals surface area contributed by atoms with Crippen LogP contribution in [-0.2, 0) is 24.6 Å². The molecule has 3 heteroatoms. The van der Waals surface area contributed by atoms with E-state index in [1.807, 2.05) is 24.3 Å². The molecule has 0 aliphatic heterocycles. The van der Waals surface area contributed by atoms with Crippen molar-refractivity contribution in [1.82, 2.24) is 0 Å². The molecule has 0 unspecified atom stereocenters. The van der Waals surface area contributed by atoms with Crippen LogP contribution in [-0.4, -0.2) is 0 Å². The first-order valence-corrected chi connectivity index (χ1v) is 11.0. The molecule has 0 aromatic heterocycles. The SMILES string of the molecule is Clc1ccc[c]([Hg][c]2cccc(Cl)c2)c1. The summed E-state index contributed by atoms with van der Waals surface area (Å²) in [6.45, 7) is 0. The molecule has 0 saturated carbocycles. The van der Waals surface area contributed by atoms with Crippen molar-refractivity contribution in [1.29, 1.82) is 0 Å². The van der Waals surface area contributed by atoms with E-state index in [9.17, 15) is 0 Å². The third kappa shape index (κ3) is 3.48. The third-order valence-electron chi connectivity index (χ3n) is 2.19. The first-order chi connectivity index (χ1) is 7.24. The topological polar surface area (TPSA) is 0 Å². The van der Waals surface area contributed by atoms with Crippen molar-refractivity contribution in [2.24, 2.45) is 0 Å². The molecule has 0 atom stereocenters. The predicted octanol–water partition coefficient (Wildman–Crippen LogP) is 3.03. The van der Waals surface area contributed by atoms with Crippen LogP contribution in [0.15, 0.2) is 48.5 Å². The number of halogens is 2. The Kier molecular flexibility index (Phi) is 4.07. The van der Waals surface area contributed by atoms with E-state index >= 15 is 0 Å². The first-order valence-electron chi connectivity index (χ1n) is 4.73. The maximum atomic E-state index is 5.95. The average Bonchev–Trinajstić information content (AvgIpc) is 2.17. The summed E-state index contributed by atoms with van der Waals surface area (Å²) in [4.78, 5) is 0. The van der Waals surface area contributed by atoms with Gasteiger partial charge in [0.15, 0.2) is 0 Å². The van der Waals surface area contributed by atoms with E-state index in [-0.39, 0.29) is 0 Å². The molecule has 2 aromatic rings. The molecule has 0 nitrogen and oxygen atoms in total. The number of rotatable bonds is 2. The van der Waals surface area contributed by atoms with Gasteiger partial charge in [0, 0.05) is 0 Å². The summed E-state index contributed by atoms with van der Waals surface area (Å²) in [7, 11) is 0. The Balaban J connectivity index is 2.22. The van der Waals surface area contributed by atoms with Gasteiger partial charge in [0.25, 0.3) is 0 Å². The van der Waals surface area contributed by atoms with E-state index in [1.165, 1.54) is 6.14 Å². The molecule has 72 valence electrons. The van der Waals surface area contributed by atoms with Crippen molar-refractivity contribution in [3.63, 3.8) is 0 Å². The monoisotopic (exact) mass is 424 g/mol. The fourth-order valence-electron chi connectivity index (χ4n) is 1.53. The van der Waals surface area contributed by atoms with E-state index in [0.29, 0.717) is 0 Å². The molecular weight excluding hydrogens is 416 g/mol. The van der Waals surface area contributed by atoms with Gasteiger partial charge in [-0.05, 0) is 0 Å². The van der Waals surface area contributed by atoms with E-state index in [2.05, 4.69) is 24.3 Å². The van der Waals surface area contributed by atoms with E-state index in [0.717, 1.165) is 10.0 Å². The molecule has 0 aliphatic rings. The van der Waals surface area contributed by atoms with Crippen LogP contribution in [0, 0.1) is 0 Å². The van der Waals surface area contributed by atoms with Crippen molar-refractivity contribution < 1.29 is 24.6 Å². The zero-order valence-electron chi connectivity index (χ0n) is 8.08. The second-order valence-corrected chi connectivity index (χ2v) is 12.0. The van der Waals surface area contributed by atoms with Gasteiger partial charge in [-0.3, -0.25) is 0 Å². The summed E-state index contributed by atoms with van der Waals surface area (Å²) < 4.78 is 2.84. The molecule has 0 radical (unpaired) electrons. The van der Waals surface area contributed by atoms with Gasteiger partial charge in [-0.25, -0.2) is 0 Å². The second kappa shape index (κ2) is 5.33. The summed E-state index contributed by atoms with van der Waals surface area (Å²) in [6.07, 6.45) is 0. The normalized spacial score (nSPS) is 9.73. The van der Waals surface area contributed by atoms with Crippen molar-refractivity contribution in [3.05, 3.63) is 58.6 Å². The Morgan fingerprint density at radius 3 is 1.60 bits per heavy atom. The molecule has 0 spiro atoms. The number of hydrogen-bond donors (Lipinski definition) is 0. The molecule has 0 amide bonds. The summed E-state index contributed by atoms with van der Waals surface area (Å²) in [6, 6.07) is 16.3. The van der Waals surface area contributed by atoms with Gasteiger partial charge in [0.1, 0.15) is 0 Å². The van der Waals surface area contributed by atoms with Crippen LogP contribution in [0.3, 0.4) is 0 Å². The molecular formula is C12H8Cl2Hg. The van der Waals surface area contributed by atoms with Gasteiger partial charge in [-0.15, -0.1) is 0 Å². The van der Waals surface area contributed by atoms with Crippen LogP contribution in [0.4, 0.5) is 0 Å². The number of hydrogen-bond acceptors (Lipinski definition) is 0. The average molecular weight is 424 g/mol. The third-order valence-corrected chi connectivity index (χ3v) is 9.25. The molecule has 0 saturated heterocycles. The molecule has 0 heterocycles. The summed E-state index contributed by atoms with van der Waals surface area (Å²) in [5.41, 5.74) is 0. The molecule has 0 N–H and O–H groups in total. The standard InChI is InChI=1S/2C6H4Cl.Hg/c2*7-6-4-2-1-3-5-6;/h2*1-2,4-5H;. The van der Waals surface area contributed by atoms with Crippen molar-refractivity contribution in [2.75, 3.05) is 0 Å². The Morgan fingerprint density at radius 1 is 0.733 bits per heavy atom. The molecule has 2 rings (SSSR count). The minimum absolute atomic E-state index is 0.828. The second-order valence-electron chi connectivity index (χ2n) is 3.44. The van der Waals surface area contributed by atoms with Gasteiger partial charge in [0.05, 0.1) is 0 Å². The van der Waals surface area contributed by atoms with Crippen LogP contribution in [0.1, 0.15) is 0 Å². The number of benzene rings is 2. The molecule has 2 aromatic carbocycles. The van der Waals surface area contributed by atoms with Crippen LogP contribution < -0.4 is 6.14 Å². The van der Waals surface area contributed by atoms with E-state index < -0.39 is 24.6 Å². The van der Waals surface area contributed by atoms with Gasteiger partial charge in [-0.1, -0.05) is 0 Å². The van der Waals surface area contributed by atoms with Gasteiger partial charge in [-0.2, -0.15) is 0 Å². The summed E-state index contributed by atoms with van der Waals surface area (Å²) in [5, 5.41) is 1.66. The van der Waals surface area contributed by atoms with Crippen LogP contribution >= 0.6 is 23.2 Å². The Bertz CT molecular complexity index is 425. The zero-order chi connectivity index (χ0) is 10.7. The van der Waals surface area contributed by atoms with Crippen molar-refractivity contribution in [2.45, 2.75) is 0 Å².